The summed E-state index contributed by atoms with van der Waals surface area (Å²) in [7, 11) is 1.34. The summed E-state index contributed by atoms with van der Waals surface area (Å²) < 4.78 is 5.07. The van der Waals surface area contributed by atoms with Crippen molar-refractivity contribution in [1.29, 1.82) is 0 Å². The third-order valence-corrected chi connectivity index (χ3v) is 3.37. The third kappa shape index (κ3) is 5.15. The minimum absolute atomic E-state index is 0.0336. The topological polar surface area (TPSA) is 96.9 Å². The number of ether oxygens (including phenoxy) is 1. The first-order valence-electron chi connectivity index (χ1n) is 7.49. The van der Waals surface area contributed by atoms with Crippen molar-refractivity contribution in [3.8, 4) is 0 Å². The molecule has 0 atom stereocenters. The average Bonchev–Trinajstić information content (AvgIpc) is 2.52. The van der Waals surface area contributed by atoms with Crippen molar-refractivity contribution in [2.45, 2.75) is 32.7 Å². The minimum Gasteiger partial charge on any atom is -0.491 e. The van der Waals surface area contributed by atoms with Crippen LogP contribution in [-0.4, -0.2) is 24.0 Å². The van der Waals surface area contributed by atoms with Gasteiger partial charge in [-0.1, -0.05) is 51.6 Å². The number of carboxylic acids is 1. The van der Waals surface area contributed by atoms with Gasteiger partial charge in [0.25, 0.3) is 0 Å². The van der Waals surface area contributed by atoms with Gasteiger partial charge in [-0.3, -0.25) is 4.99 Å². The second-order valence-corrected chi connectivity index (χ2v) is 6.21. The van der Waals surface area contributed by atoms with E-state index in [9.17, 15) is 4.79 Å². The van der Waals surface area contributed by atoms with Crippen molar-refractivity contribution in [2.24, 2.45) is 10.7 Å². The van der Waals surface area contributed by atoms with Crippen molar-refractivity contribution in [3.05, 3.63) is 59.6 Å². The molecule has 0 amide bonds. The molecule has 4 N–H and O–H groups in total. The van der Waals surface area contributed by atoms with Crippen LogP contribution in [0.4, 0.5) is 0 Å². The summed E-state index contributed by atoms with van der Waals surface area (Å²) in [6, 6.07) is 8.10. The normalized spacial score (nSPS) is 13.1. The molecule has 0 fully saturated rings. The van der Waals surface area contributed by atoms with Crippen molar-refractivity contribution in [1.82, 2.24) is 5.32 Å². The molecule has 0 saturated carbocycles. The molecule has 0 bridgehead atoms. The highest BCUT2D eigenvalue weighted by Gasteiger charge is 2.17. The van der Waals surface area contributed by atoms with Crippen LogP contribution in [0.15, 0.2) is 53.5 Å². The SMILES string of the molecule is C=CNC(=NCc1ccc(C(C)(C)C)cc1)/C(OC)=C(\N)C(=O)O. The van der Waals surface area contributed by atoms with Crippen LogP contribution in [0.5, 0.6) is 0 Å². The summed E-state index contributed by atoms with van der Waals surface area (Å²) >= 11 is 0. The highest BCUT2D eigenvalue weighted by atomic mass is 16.5. The van der Waals surface area contributed by atoms with Gasteiger partial charge in [-0.25, -0.2) is 4.79 Å². The zero-order valence-electron chi connectivity index (χ0n) is 14.6. The first-order valence-corrected chi connectivity index (χ1v) is 7.49. The molecule has 130 valence electrons. The number of nitrogens with two attached hydrogens (primary N) is 1. The number of nitrogens with one attached hydrogen (secondary N) is 1. The summed E-state index contributed by atoms with van der Waals surface area (Å²) in [5, 5.41) is 11.8. The van der Waals surface area contributed by atoms with Gasteiger partial charge in [0.05, 0.1) is 13.7 Å². The molecule has 0 spiro atoms. The van der Waals surface area contributed by atoms with Crippen molar-refractivity contribution < 1.29 is 14.6 Å². The van der Waals surface area contributed by atoms with Crippen molar-refractivity contribution in [2.75, 3.05) is 7.11 Å². The number of methoxy groups -OCH3 is 1. The molecule has 6 heteroatoms. The molecular weight excluding hydrogens is 306 g/mol. The fourth-order valence-corrected chi connectivity index (χ4v) is 1.99. The van der Waals surface area contributed by atoms with E-state index < -0.39 is 11.7 Å². The van der Waals surface area contributed by atoms with Gasteiger partial charge >= 0.3 is 5.97 Å². The summed E-state index contributed by atoms with van der Waals surface area (Å²) in [6.45, 7) is 10.4. The summed E-state index contributed by atoms with van der Waals surface area (Å²) in [6.07, 6.45) is 1.38. The summed E-state index contributed by atoms with van der Waals surface area (Å²) in [4.78, 5) is 15.4. The molecule has 0 aliphatic carbocycles. The number of carboxylic acid groups (broad SMARTS) is 1. The lowest BCUT2D eigenvalue weighted by atomic mass is 9.87. The smallest absolute Gasteiger partial charge is 0.355 e. The maximum atomic E-state index is 11.0. The Balaban J connectivity index is 3.08. The number of rotatable bonds is 6. The Morgan fingerprint density at radius 3 is 2.38 bits per heavy atom. The Kier molecular flexibility index (Phi) is 6.58. The van der Waals surface area contributed by atoms with Crippen LogP contribution in [0.3, 0.4) is 0 Å². The maximum absolute atomic E-state index is 11.0. The van der Waals surface area contributed by atoms with E-state index in [2.05, 4.69) is 49.8 Å². The highest BCUT2D eigenvalue weighted by Crippen LogP contribution is 2.22. The molecule has 0 saturated heterocycles. The lowest BCUT2D eigenvalue weighted by Crippen LogP contribution is -2.27. The molecule has 1 aromatic rings. The van der Waals surface area contributed by atoms with Crippen LogP contribution < -0.4 is 11.1 Å². The lowest BCUT2D eigenvalue weighted by molar-refractivity contribution is -0.132. The molecular formula is C18H25N3O3. The Bertz CT molecular complexity index is 653. The molecule has 0 aliphatic heterocycles. The van der Waals surface area contributed by atoms with Gasteiger partial charge in [0.15, 0.2) is 17.3 Å². The van der Waals surface area contributed by atoms with Gasteiger partial charge in [0.1, 0.15) is 0 Å². The second-order valence-electron chi connectivity index (χ2n) is 6.21. The number of hydrogen-bond acceptors (Lipinski definition) is 4. The van der Waals surface area contributed by atoms with Crippen LogP contribution in [0.1, 0.15) is 31.9 Å². The van der Waals surface area contributed by atoms with Gasteiger partial charge in [-0.2, -0.15) is 0 Å². The summed E-state index contributed by atoms with van der Waals surface area (Å²) in [5.41, 5.74) is 7.41. The van der Waals surface area contributed by atoms with E-state index in [1.165, 1.54) is 18.9 Å². The van der Waals surface area contributed by atoms with E-state index in [1.54, 1.807) is 0 Å². The number of aliphatic imine (C=N–C) groups is 1. The highest BCUT2D eigenvalue weighted by molar-refractivity contribution is 6.03. The zero-order chi connectivity index (χ0) is 18.3. The summed E-state index contributed by atoms with van der Waals surface area (Å²) in [5.74, 6) is -1.10. The van der Waals surface area contributed by atoms with Crippen molar-refractivity contribution >= 4 is 11.8 Å². The quantitative estimate of drug-likeness (QED) is 0.322. The fourth-order valence-electron chi connectivity index (χ4n) is 1.99. The van der Waals surface area contributed by atoms with Crippen LogP contribution in [-0.2, 0) is 21.5 Å². The third-order valence-electron chi connectivity index (χ3n) is 3.37. The monoisotopic (exact) mass is 331 g/mol. The Morgan fingerprint density at radius 1 is 1.38 bits per heavy atom. The minimum atomic E-state index is -1.28. The Morgan fingerprint density at radius 2 is 1.96 bits per heavy atom. The number of nitrogens with zero attached hydrogens (tertiary/aromatic N) is 1. The fraction of sp³-hybridized carbons (Fsp3) is 0.333. The Labute approximate surface area is 142 Å². The molecule has 24 heavy (non-hydrogen) atoms. The number of aliphatic carboxylic acids is 1. The van der Waals surface area contributed by atoms with Crippen molar-refractivity contribution in [3.63, 3.8) is 0 Å². The van der Waals surface area contributed by atoms with E-state index in [-0.39, 0.29) is 17.0 Å². The number of hydrogen-bond donors (Lipinski definition) is 3. The van der Waals surface area contributed by atoms with E-state index in [0.29, 0.717) is 6.54 Å². The largest absolute Gasteiger partial charge is 0.491 e. The van der Waals surface area contributed by atoms with Gasteiger partial charge in [-0.15, -0.1) is 0 Å². The molecule has 0 unspecified atom stereocenters. The van der Waals surface area contributed by atoms with Gasteiger partial charge < -0.3 is 20.9 Å². The molecule has 1 aromatic carbocycles. The zero-order valence-corrected chi connectivity index (χ0v) is 14.6. The lowest BCUT2D eigenvalue weighted by Gasteiger charge is -2.19. The molecule has 0 aliphatic rings. The Hall–Kier alpha value is -2.76. The van der Waals surface area contributed by atoms with Crippen LogP contribution in [0.25, 0.3) is 0 Å². The first-order chi connectivity index (χ1) is 11.2. The number of benzene rings is 1. The van der Waals surface area contributed by atoms with E-state index in [4.69, 9.17) is 15.6 Å². The number of amidine groups is 1. The standard InChI is InChI=1S/C18H25N3O3/c1-6-20-16(15(24-5)14(19)17(22)23)21-11-12-7-9-13(10-8-12)18(2,3)4/h6-10H,1,11,19H2,2-5H3,(H,20,21)(H,22,23)/b15-14+. The predicted molar refractivity (Wildman–Crippen MR) is 95.5 cm³/mol. The van der Waals surface area contributed by atoms with Crippen LogP contribution in [0, 0.1) is 0 Å². The molecule has 0 radical (unpaired) electrons. The van der Waals surface area contributed by atoms with E-state index >= 15 is 0 Å². The van der Waals surface area contributed by atoms with Crippen LogP contribution >= 0.6 is 0 Å². The van der Waals surface area contributed by atoms with Gasteiger partial charge in [0.2, 0.25) is 0 Å². The van der Waals surface area contributed by atoms with Crippen LogP contribution in [0.2, 0.25) is 0 Å². The van der Waals surface area contributed by atoms with Gasteiger partial charge in [0, 0.05) is 0 Å². The number of carbonyl (C=O) groups is 1. The molecule has 0 heterocycles. The van der Waals surface area contributed by atoms with Gasteiger partial charge in [-0.05, 0) is 22.7 Å². The first kappa shape index (κ1) is 19.3. The van der Waals surface area contributed by atoms with E-state index in [0.717, 1.165) is 5.56 Å². The van der Waals surface area contributed by atoms with E-state index in [1.807, 2.05) is 12.1 Å². The molecule has 1 rings (SSSR count). The average molecular weight is 331 g/mol. The molecule has 0 aromatic heterocycles. The maximum Gasteiger partial charge on any atom is 0.355 e. The molecule has 6 nitrogen and oxygen atoms in total. The predicted octanol–water partition coefficient (Wildman–Crippen LogP) is 2.52. The second kappa shape index (κ2) is 8.19.